The summed E-state index contributed by atoms with van der Waals surface area (Å²) in [4.78, 5) is 0. The molecule has 0 saturated carbocycles. The summed E-state index contributed by atoms with van der Waals surface area (Å²) in [5.41, 5.74) is 1.70. The largest absolute Gasteiger partial charge is 0.417 e. The molecule has 2 heterocycles. The zero-order chi connectivity index (χ0) is 19.2. The molecule has 136 valence electrons. The fourth-order valence-electron chi connectivity index (χ4n) is 3.22. The first-order valence-corrected chi connectivity index (χ1v) is 8.50. The van der Waals surface area contributed by atoms with Gasteiger partial charge in [-0.15, -0.1) is 0 Å². The van der Waals surface area contributed by atoms with Crippen LogP contribution in [0.2, 0.25) is 5.02 Å². The summed E-state index contributed by atoms with van der Waals surface area (Å²) < 4.78 is 41.3. The number of nitrogens with one attached hydrogen (secondary N) is 1. The van der Waals surface area contributed by atoms with Crippen molar-refractivity contribution in [3.63, 3.8) is 0 Å². The molecule has 0 bridgehead atoms. The third-order valence-corrected chi connectivity index (χ3v) is 4.78. The van der Waals surface area contributed by atoms with Crippen molar-refractivity contribution in [2.75, 3.05) is 11.9 Å². The first kappa shape index (κ1) is 17.4. The van der Waals surface area contributed by atoms with E-state index in [1.807, 2.05) is 0 Å². The molecule has 1 aromatic heterocycles. The van der Waals surface area contributed by atoms with Crippen LogP contribution in [-0.4, -0.2) is 16.3 Å². The van der Waals surface area contributed by atoms with Crippen LogP contribution in [0.15, 0.2) is 42.5 Å². The van der Waals surface area contributed by atoms with Crippen LogP contribution in [0.1, 0.15) is 16.7 Å². The summed E-state index contributed by atoms with van der Waals surface area (Å²) in [5.74, 6) is 0.691. The summed E-state index contributed by atoms with van der Waals surface area (Å²) in [6.45, 7) is 0.647. The Morgan fingerprint density at radius 3 is 2.70 bits per heavy atom. The minimum absolute atomic E-state index is 0.333. The van der Waals surface area contributed by atoms with Gasteiger partial charge in [-0.1, -0.05) is 29.8 Å². The van der Waals surface area contributed by atoms with E-state index in [-0.39, 0.29) is 5.02 Å². The molecule has 0 unspecified atom stereocenters. The normalized spacial score (nSPS) is 13.1. The van der Waals surface area contributed by atoms with Gasteiger partial charge in [-0.05, 0) is 30.7 Å². The number of nitriles is 1. The van der Waals surface area contributed by atoms with Gasteiger partial charge in [-0.3, -0.25) is 0 Å². The van der Waals surface area contributed by atoms with Gasteiger partial charge >= 0.3 is 6.18 Å². The molecule has 0 aliphatic carbocycles. The fraction of sp³-hybridized carbons (Fsp3) is 0.158. The Morgan fingerprint density at radius 2 is 1.96 bits per heavy atom. The predicted octanol–water partition coefficient (Wildman–Crippen LogP) is 5.05. The van der Waals surface area contributed by atoms with Crippen molar-refractivity contribution in [3.05, 3.63) is 64.2 Å². The number of fused-ring (bicyclic) bond motifs is 1. The van der Waals surface area contributed by atoms with E-state index in [1.165, 1.54) is 12.1 Å². The van der Waals surface area contributed by atoms with Gasteiger partial charge in [0, 0.05) is 17.7 Å². The third kappa shape index (κ3) is 2.92. The smallest absolute Gasteiger partial charge is 0.369 e. The average molecular weight is 389 g/mol. The topological polar surface area (TPSA) is 53.6 Å². The molecule has 0 radical (unpaired) electrons. The Labute approximate surface area is 157 Å². The molecule has 0 spiro atoms. The molecule has 3 aromatic rings. The Bertz CT molecular complexity index is 1080. The van der Waals surface area contributed by atoms with Gasteiger partial charge in [-0.2, -0.15) is 23.5 Å². The lowest BCUT2D eigenvalue weighted by molar-refractivity contribution is -0.137. The minimum Gasteiger partial charge on any atom is -0.369 e. The number of nitrogens with zero attached hydrogens (tertiary/aromatic N) is 3. The first-order chi connectivity index (χ1) is 12.9. The van der Waals surface area contributed by atoms with Crippen LogP contribution >= 0.6 is 11.6 Å². The van der Waals surface area contributed by atoms with E-state index in [2.05, 4.69) is 16.5 Å². The Morgan fingerprint density at radius 1 is 1.19 bits per heavy atom. The number of anilines is 1. The molecule has 27 heavy (non-hydrogen) atoms. The maximum absolute atomic E-state index is 13.2. The van der Waals surface area contributed by atoms with E-state index in [0.717, 1.165) is 11.6 Å². The molecular weight excluding hydrogens is 377 g/mol. The molecule has 4 rings (SSSR count). The summed E-state index contributed by atoms with van der Waals surface area (Å²) in [7, 11) is 0. The van der Waals surface area contributed by atoms with E-state index >= 15 is 0 Å². The summed E-state index contributed by atoms with van der Waals surface area (Å²) in [6.07, 6.45) is -3.92. The van der Waals surface area contributed by atoms with Gasteiger partial charge in [-0.25, -0.2) is 4.68 Å². The highest BCUT2D eigenvalue weighted by Gasteiger charge is 2.34. The van der Waals surface area contributed by atoms with E-state index in [1.54, 1.807) is 28.9 Å². The SMILES string of the molecule is N#Cc1ccccc1-n1nc(-c2ccc(Cl)c(C(F)(F)F)c2)c2c1NCC2. The van der Waals surface area contributed by atoms with Gasteiger partial charge in [0.1, 0.15) is 11.9 Å². The summed E-state index contributed by atoms with van der Waals surface area (Å²) in [6, 6.07) is 12.8. The molecule has 1 N–H and O–H groups in total. The van der Waals surface area contributed by atoms with Crippen molar-refractivity contribution < 1.29 is 13.2 Å². The highest BCUT2D eigenvalue weighted by atomic mass is 35.5. The highest BCUT2D eigenvalue weighted by Crippen LogP contribution is 2.40. The van der Waals surface area contributed by atoms with Crippen molar-refractivity contribution in [3.8, 4) is 23.0 Å². The highest BCUT2D eigenvalue weighted by molar-refractivity contribution is 6.31. The van der Waals surface area contributed by atoms with Gasteiger partial charge in [0.2, 0.25) is 0 Å². The van der Waals surface area contributed by atoms with E-state index in [4.69, 9.17) is 11.6 Å². The molecule has 1 aliphatic heterocycles. The third-order valence-electron chi connectivity index (χ3n) is 4.45. The molecular formula is C19H12ClF3N4. The number of rotatable bonds is 2. The van der Waals surface area contributed by atoms with Crippen molar-refractivity contribution >= 4 is 17.4 Å². The Kier molecular flexibility index (Phi) is 4.08. The van der Waals surface area contributed by atoms with Gasteiger partial charge in [0.15, 0.2) is 0 Å². The second kappa shape index (κ2) is 6.32. The minimum atomic E-state index is -4.55. The maximum atomic E-state index is 13.2. The zero-order valence-corrected chi connectivity index (χ0v) is 14.6. The van der Waals surface area contributed by atoms with Gasteiger partial charge in [0.05, 0.1) is 27.5 Å². The van der Waals surface area contributed by atoms with Crippen LogP contribution in [-0.2, 0) is 12.6 Å². The van der Waals surface area contributed by atoms with E-state index < -0.39 is 11.7 Å². The van der Waals surface area contributed by atoms with Crippen molar-refractivity contribution in [1.29, 1.82) is 5.26 Å². The molecule has 4 nitrogen and oxygen atoms in total. The average Bonchev–Trinajstić information content (AvgIpc) is 3.24. The van der Waals surface area contributed by atoms with E-state index in [0.29, 0.717) is 41.3 Å². The van der Waals surface area contributed by atoms with Crippen LogP contribution < -0.4 is 5.32 Å². The van der Waals surface area contributed by atoms with E-state index in [9.17, 15) is 18.4 Å². The number of benzene rings is 2. The number of para-hydroxylation sites is 1. The number of hydrogen-bond acceptors (Lipinski definition) is 3. The number of halogens is 4. The quantitative estimate of drug-likeness (QED) is 0.668. The molecule has 0 atom stereocenters. The molecule has 8 heteroatoms. The Hall–Kier alpha value is -2.98. The second-order valence-corrected chi connectivity index (χ2v) is 6.49. The van der Waals surface area contributed by atoms with Gasteiger partial charge < -0.3 is 5.32 Å². The standard InChI is InChI=1S/C19H12ClF3N4/c20-15-6-5-11(9-14(15)19(21,22)23)17-13-7-8-25-18(13)27(26-17)16-4-2-1-3-12(16)10-24/h1-6,9,25H,7-8H2. The van der Waals surface area contributed by atoms with Crippen LogP contribution in [0.4, 0.5) is 19.0 Å². The van der Waals surface area contributed by atoms with Crippen LogP contribution in [0, 0.1) is 11.3 Å². The Balaban J connectivity index is 1.91. The summed E-state index contributed by atoms with van der Waals surface area (Å²) in [5, 5.41) is 16.7. The van der Waals surface area contributed by atoms with Gasteiger partial charge in [0.25, 0.3) is 0 Å². The number of aromatic nitrogens is 2. The number of alkyl halides is 3. The van der Waals surface area contributed by atoms with Crippen molar-refractivity contribution in [2.45, 2.75) is 12.6 Å². The predicted molar refractivity (Wildman–Crippen MR) is 95.9 cm³/mol. The lowest BCUT2D eigenvalue weighted by Crippen LogP contribution is -2.07. The first-order valence-electron chi connectivity index (χ1n) is 8.12. The lowest BCUT2D eigenvalue weighted by Gasteiger charge is -2.10. The van der Waals surface area contributed by atoms with Crippen LogP contribution in [0.5, 0.6) is 0 Å². The van der Waals surface area contributed by atoms with Crippen LogP contribution in [0.25, 0.3) is 16.9 Å². The monoisotopic (exact) mass is 388 g/mol. The molecule has 2 aromatic carbocycles. The number of hydrogen-bond donors (Lipinski definition) is 1. The molecule has 0 amide bonds. The van der Waals surface area contributed by atoms with Crippen molar-refractivity contribution in [1.82, 2.24) is 9.78 Å². The van der Waals surface area contributed by atoms with Crippen LogP contribution in [0.3, 0.4) is 0 Å². The fourth-order valence-corrected chi connectivity index (χ4v) is 3.45. The molecule has 0 fully saturated rings. The zero-order valence-electron chi connectivity index (χ0n) is 13.8. The maximum Gasteiger partial charge on any atom is 0.417 e. The molecule has 0 saturated heterocycles. The summed E-state index contributed by atoms with van der Waals surface area (Å²) >= 11 is 5.73. The second-order valence-electron chi connectivity index (χ2n) is 6.09. The lowest BCUT2D eigenvalue weighted by atomic mass is 10.0. The molecule has 1 aliphatic rings. The van der Waals surface area contributed by atoms with Crippen molar-refractivity contribution in [2.24, 2.45) is 0 Å².